The number of hydrogen-bond acceptors (Lipinski definition) is 5. The van der Waals surface area contributed by atoms with E-state index in [1.165, 1.54) is 0 Å². The van der Waals surface area contributed by atoms with Crippen LogP contribution in [0.2, 0.25) is 12.1 Å². The Morgan fingerprint density at radius 3 is 2.09 bits per heavy atom. The lowest BCUT2D eigenvalue weighted by Gasteiger charge is -2.47. The van der Waals surface area contributed by atoms with E-state index in [2.05, 4.69) is 13.8 Å². The van der Waals surface area contributed by atoms with Gasteiger partial charge in [0.2, 0.25) is 0 Å². The summed E-state index contributed by atoms with van der Waals surface area (Å²) in [6.07, 6.45) is 2.89. The Morgan fingerprint density at radius 1 is 1.05 bits per heavy atom. The summed E-state index contributed by atoms with van der Waals surface area (Å²) in [6.45, 7) is 12.8. The van der Waals surface area contributed by atoms with E-state index in [0.717, 1.165) is 31.4 Å². The zero-order chi connectivity index (χ0) is 16.8. The quantitative estimate of drug-likeness (QED) is 0.517. The predicted molar refractivity (Wildman–Crippen MR) is 90.8 cm³/mol. The van der Waals surface area contributed by atoms with Crippen molar-refractivity contribution in [2.45, 2.75) is 97.2 Å². The van der Waals surface area contributed by atoms with Crippen molar-refractivity contribution in [1.29, 1.82) is 0 Å². The SMILES string of the molecule is CC(C)OC1(OC(C)C)CCC[Si](CCCN)(OC(C)C)O1. The molecule has 0 aromatic heterocycles. The summed E-state index contributed by atoms with van der Waals surface area (Å²) < 4.78 is 25.0. The molecule has 6 heteroatoms. The summed E-state index contributed by atoms with van der Waals surface area (Å²) in [7, 11) is -2.37. The van der Waals surface area contributed by atoms with Crippen molar-refractivity contribution in [3.05, 3.63) is 0 Å². The second kappa shape index (κ2) is 8.75. The van der Waals surface area contributed by atoms with Crippen LogP contribution in [0.1, 0.15) is 60.8 Å². The molecule has 0 spiro atoms. The number of nitrogens with two attached hydrogens (primary N) is 1. The van der Waals surface area contributed by atoms with Gasteiger partial charge in [-0.15, -0.1) is 0 Å². The first-order chi connectivity index (χ1) is 10.2. The molecule has 2 N–H and O–H groups in total. The molecule has 1 saturated heterocycles. The normalized spacial score (nSPS) is 25.4. The van der Waals surface area contributed by atoms with Crippen molar-refractivity contribution in [1.82, 2.24) is 0 Å². The molecule has 0 radical (unpaired) electrons. The molecule has 22 heavy (non-hydrogen) atoms. The molecule has 1 heterocycles. The van der Waals surface area contributed by atoms with Gasteiger partial charge in [0, 0.05) is 12.5 Å². The third kappa shape index (κ3) is 6.26. The fourth-order valence-electron chi connectivity index (χ4n) is 2.99. The molecule has 0 bridgehead atoms. The molecule has 1 aliphatic rings. The summed E-state index contributed by atoms with van der Waals surface area (Å²) in [4.78, 5) is 0. The average molecular weight is 334 g/mol. The number of hydrogen-bond donors (Lipinski definition) is 1. The minimum atomic E-state index is -2.37. The van der Waals surface area contributed by atoms with Crippen molar-refractivity contribution < 1.29 is 18.3 Å². The number of rotatable bonds is 9. The van der Waals surface area contributed by atoms with Crippen molar-refractivity contribution in [3.8, 4) is 0 Å². The second-order valence-electron chi connectivity index (χ2n) is 6.94. The zero-order valence-corrected chi connectivity index (χ0v) is 16.2. The van der Waals surface area contributed by atoms with Crippen molar-refractivity contribution >= 4 is 8.56 Å². The standard InChI is InChI=1S/C16H35NO4Si/c1-13(2)18-16(19-14(3)4)9-7-11-22(21-16,12-8-10-17)20-15(5)6/h13-15H,7-12,17H2,1-6H3. The third-order valence-corrected chi connectivity index (χ3v) is 7.24. The smallest absolute Gasteiger partial charge is 0.342 e. The fourth-order valence-corrected chi connectivity index (χ4v) is 6.81. The maximum absolute atomic E-state index is 6.51. The van der Waals surface area contributed by atoms with E-state index < -0.39 is 14.5 Å². The maximum atomic E-state index is 6.51. The van der Waals surface area contributed by atoms with Crippen LogP contribution in [-0.4, -0.2) is 39.4 Å². The topological polar surface area (TPSA) is 62.9 Å². The Morgan fingerprint density at radius 2 is 1.64 bits per heavy atom. The molecule has 1 fully saturated rings. The molecule has 0 aromatic carbocycles. The Kier molecular flexibility index (Phi) is 7.98. The van der Waals surface area contributed by atoms with Crippen LogP contribution in [0.3, 0.4) is 0 Å². The van der Waals surface area contributed by atoms with Gasteiger partial charge in [-0.2, -0.15) is 0 Å². The van der Waals surface area contributed by atoms with Gasteiger partial charge >= 0.3 is 8.56 Å². The van der Waals surface area contributed by atoms with E-state index in [1.54, 1.807) is 0 Å². The fraction of sp³-hybridized carbons (Fsp3) is 1.00. The Bertz CT molecular complexity index is 315. The van der Waals surface area contributed by atoms with Crippen LogP contribution in [0.4, 0.5) is 0 Å². The first kappa shape index (κ1) is 20.1. The summed E-state index contributed by atoms with van der Waals surface area (Å²) in [5.41, 5.74) is 5.71. The van der Waals surface area contributed by atoms with E-state index in [4.69, 9.17) is 24.1 Å². The lowest BCUT2D eigenvalue weighted by atomic mass is 10.2. The Labute approximate surface area is 137 Å². The van der Waals surface area contributed by atoms with Gasteiger partial charge in [-0.05, 0) is 73.0 Å². The van der Waals surface area contributed by atoms with Crippen LogP contribution in [0.5, 0.6) is 0 Å². The largest absolute Gasteiger partial charge is 0.392 e. The van der Waals surface area contributed by atoms with Crippen LogP contribution < -0.4 is 5.73 Å². The summed E-state index contributed by atoms with van der Waals surface area (Å²) in [5, 5.41) is 0. The van der Waals surface area contributed by atoms with Crippen LogP contribution >= 0.6 is 0 Å². The zero-order valence-electron chi connectivity index (χ0n) is 15.2. The minimum Gasteiger partial charge on any atom is -0.392 e. The maximum Gasteiger partial charge on any atom is 0.342 e. The molecule has 0 saturated carbocycles. The number of ether oxygens (including phenoxy) is 2. The molecule has 1 aliphatic heterocycles. The lowest BCUT2D eigenvalue weighted by molar-refractivity contribution is -0.383. The summed E-state index contributed by atoms with van der Waals surface area (Å²) >= 11 is 0. The third-order valence-electron chi connectivity index (χ3n) is 3.42. The average Bonchev–Trinajstić information content (AvgIpc) is 2.33. The summed E-state index contributed by atoms with van der Waals surface area (Å²) in [5.74, 6) is -0.962. The molecule has 0 amide bonds. The highest BCUT2D eigenvalue weighted by molar-refractivity contribution is 6.67. The van der Waals surface area contributed by atoms with Gasteiger partial charge in [0.1, 0.15) is 0 Å². The van der Waals surface area contributed by atoms with Crippen LogP contribution in [0.15, 0.2) is 0 Å². The molecule has 132 valence electrons. The highest BCUT2D eigenvalue weighted by Gasteiger charge is 2.52. The molecular weight excluding hydrogens is 298 g/mol. The monoisotopic (exact) mass is 333 g/mol. The van der Waals surface area contributed by atoms with Crippen LogP contribution in [0, 0.1) is 0 Å². The minimum absolute atomic E-state index is 0.0390. The van der Waals surface area contributed by atoms with Crippen LogP contribution in [-0.2, 0) is 18.3 Å². The second-order valence-corrected chi connectivity index (χ2v) is 10.2. The van der Waals surface area contributed by atoms with Gasteiger partial charge in [-0.1, -0.05) is 0 Å². The van der Waals surface area contributed by atoms with Crippen molar-refractivity contribution in [2.75, 3.05) is 6.54 Å². The molecule has 1 rings (SSSR count). The first-order valence-corrected chi connectivity index (χ1v) is 10.9. The van der Waals surface area contributed by atoms with Gasteiger partial charge in [-0.25, -0.2) is 0 Å². The Balaban J connectivity index is 2.97. The molecule has 5 nitrogen and oxygen atoms in total. The lowest BCUT2D eigenvalue weighted by Crippen LogP contribution is -2.58. The van der Waals surface area contributed by atoms with Crippen molar-refractivity contribution in [3.63, 3.8) is 0 Å². The molecule has 1 atom stereocenters. The molecule has 1 unspecified atom stereocenters. The highest BCUT2D eigenvalue weighted by Crippen LogP contribution is 2.40. The van der Waals surface area contributed by atoms with E-state index >= 15 is 0 Å². The molecular formula is C16H35NO4Si. The van der Waals surface area contributed by atoms with E-state index in [-0.39, 0.29) is 18.3 Å². The van der Waals surface area contributed by atoms with Gasteiger partial charge < -0.3 is 24.1 Å². The molecule has 0 aliphatic carbocycles. The Hall–Kier alpha value is 0.0169. The van der Waals surface area contributed by atoms with E-state index in [0.29, 0.717) is 6.54 Å². The van der Waals surface area contributed by atoms with E-state index in [1.807, 2.05) is 27.7 Å². The summed E-state index contributed by atoms with van der Waals surface area (Å²) in [6, 6.07) is 1.88. The van der Waals surface area contributed by atoms with E-state index in [9.17, 15) is 0 Å². The van der Waals surface area contributed by atoms with Gasteiger partial charge in [0.25, 0.3) is 5.97 Å². The van der Waals surface area contributed by atoms with Gasteiger partial charge in [-0.3, -0.25) is 0 Å². The van der Waals surface area contributed by atoms with Crippen LogP contribution in [0.25, 0.3) is 0 Å². The van der Waals surface area contributed by atoms with Gasteiger partial charge in [0.05, 0.1) is 12.2 Å². The van der Waals surface area contributed by atoms with Gasteiger partial charge in [0.15, 0.2) is 0 Å². The highest BCUT2D eigenvalue weighted by atomic mass is 28.4. The first-order valence-electron chi connectivity index (χ1n) is 8.66. The molecule has 0 aromatic rings. The predicted octanol–water partition coefficient (Wildman–Crippen LogP) is 3.52. The van der Waals surface area contributed by atoms with Crippen molar-refractivity contribution in [2.24, 2.45) is 5.73 Å².